The molecule has 0 bridgehead atoms. The SMILES string of the molecule is N#Cc1ccc2c(c1)C1(CCCCC1)c1cccc(-c3ccccc3-c3cc(-c4ccccc4)nc(-c4ccccc4)n3)c1-2. The highest BCUT2D eigenvalue weighted by molar-refractivity contribution is 5.97. The van der Waals surface area contributed by atoms with Crippen LogP contribution in [0.4, 0.5) is 0 Å². The first-order chi connectivity index (χ1) is 21.7. The lowest BCUT2D eigenvalue weighted by Gasteiger charge is -2.36. The Hall–Kier alpha value is -5.33. The van der Waals surface area contributed by atoms with Crippen LogP contribution in [-0.2, 0) is 5.41 Å². The number of hydrogen-bond acceptors (Lipinski definition) is 3. The molecular formula is C41H31N3. The molecule has 8 rings (SSSR count). The van der Waals surface area contributed by atoms with Crippen molar-refractivity contribution in [1.82, 2.24) is 9.97 Å². The van der Waals surface area contributed by atoms with Gasteiger partial charge >= 0.3 is 0 Å². The predicted octanol–water partition coefficient (Wildman–Crippen LogP) is 10.2. The first kappa shape index (κ1) is 26.3. The van der Waals surface area contributed by atoms with E-state index in [0.29, 0.717) is 5.82 Å². The van der Waals surface area contributed by atoms with Gasteiger partial charge in [-0.05, 0) is 64.4 Å². The molecule has 0 atom stereocenters. The first-order valence-electron chi connectivity index (χ1n) is 15.5. The molecule has 1 heterocycles. The number of fused-ring (bicyclic) bond motifs is 5. The van der Waals surface area contributed by atoms with Gasteiger partial charge in [-0.15, -0.1) is 0 Å². The van der Waals surface area contributed by atoms with Gasteiger partial charge in [0.15, 0.2) is 5.82 Å². The fourth-order valence-corrected chi connectivity index (χ4v) is 7.53. The highest BCUT2D eigenvalue weighted by Gasteiger charge is 2.44. The van der Waals surface area contributed by atoms with Crippen LogP contribution in [-0.4, -0.2) is 9.97 Å². The van der Waals surface area contributed by atoms with E-state index in [0.717, 1.165) is 52.0 Å². The zero-order valence-corrected chi connectivity index (χ0v) is 24.5. The lowest BCUT2D eigenvalue weighted by atomic mass is 9.67. The Bertz CT molecular complexity index is 1990. The van der Waals surface area contributed by atoms with E-state index in [1.807, 2.05) is 30.3 Å². The van der Waals surface area contributed by atoms with Crippen molar-refractivity contribution >= 4 is 0 Å². The molecule has 0 unspecified atom stereocenters. The summed E-state index contributed by atoms with van der Waals surface area (Å²) in [5, 5.41) is 9.82. The Kier molecular flexibility index (Phi) is 6.42. The molecule has 0 saturated heterocycles. The smallest absolute Gasteiger partial charge is 0.160 e. The summed E-state index contributed by atoms with van der Waals surface area (Å²) in [6.07, 6.45) is 5.94. The maximum absolute atomic E-state index is 9.82. The van der Waals surface area contributed by atoms with Gasteiger partial charge in [0.25, 0.3) is 0 Å². The molecule has 6 aromatic rings. The molecule has 0 radical (unpaired) electrons. The van der Waals surface area contributed by atoms with Gasteiger partial charge in [-0.2, -0.15) is 5.26 Å². The highest BCUT2D eigenvalue weighted by Crippen LogP contribution is 2.58. The second-order valence-corrected chi connectivity index (χ2v) is 12.0. The summed E-state index contributed by atoms with van der Waals surface area (Å²) in [5.74, 6) is 0.714. The molecule has 3 heteroatoms. The van der Waals surface area contributed by atoms with Crippen molar-refractivity contribution < 1.29 is 0 Å². The number of nitrogens with zero attached hydrogens (tertiary/aromatic N) is 3. The van der Waals surface area contributed by atoms with Crippen molar-refractivity contribution in [3.8, 4) is 62.2 Å². The maximum Gasteiger partial charge on any atom is 0.160 e. The first-order valence-corrected chi connectivity index (χ1v) is 15.5. The molecule has 44 heavy (non-hydrogen) atoms. The summed E-state index contributed by atoms with van der Waals surface area (Å²) in [6, 6.07) is 46.9. The minimum absolute atomic E-state index is 0.0311. The zero-order valence-electron chi connectivity index (χ0n) is 24.5. The third-order valence-corrected chi connectivity index (χ3v) is 9.54. The van der Waals surface area contributed by atoms with Crippen LogP contribution in [0.2, 0.25) is 0 Å². The average molecular weight is 566 g/mol. The summed E-state index contributed by atoms with van der Waals surface area (Å²) in [4.78, 5) is 10.2. The quantitative estimate of drug-likeness (QED) is 0.214. The van der Waals surface area contributed by atoms with Crippen LogP contribution in [0.5, 0.6) is 0 Å². The van der Waals surface area contributed by atoms with Gasteiger partial charge in [-0.3, -0.25) is 0 Å². The second kappa shape index (κ2) is 10.7. The molecule has 1 saturated carbocycles. The van der Waals surface area contributed by atoms with Crippen LogP contribution in [0.1, 0.15) is 48.8 Å². The molecule has 0 aliphatic heterocycles. The summed E-state index contributed by atoms with van der Waals surface area (Å²) < 4.78 is 0. The van der Waals surface area contributed by atoms with Crippen LogP contribution in [0.3, 0.4) is 0 Å². The van der Waals surface area contributed by atoms with Gasteiger partial charge in [0, 0.05) is 22.1 Å². The molecular weight excluding hydrogens is 534 g/mol. The minimum Gasteiger partial charge on any atom is -0.228 e. The molecule has 1 aromatic heterocycles. The van der Waals surface area contributed by atoms with E-state index in [4.69, 9.17) is 9.97 Å². The van der Waals surface area contributed by atoms with Gasteiger partial charge in [0.2, 0.25) is 0 Å². The van der Waals surface area contributed by atoms with E-state index in [9.17, 15) is 5.26 Å². The van der Waals surface area contributed by atoms with E-state index < -0.39 is 0 Å². The zero-order chi connectivity index (χ0) is 29.5. The van der Waals surface area contributed by atoms with Crippen molar-refractivity contribution in [2.75, 3.05) is 0 Å². The van der Waals surface area contributed by atoms with E-state index in [1.54, 1.807) is 0 Å². The lowest BCUT2D eigenvalue weighted by molar-refractivity contribution is 0.353. The van der Waals surface area contributed by atoms with E-state index in [1.165, 1.54) is 47.1 Å². The number of benzene rings is 5. The van der Waals surface area contributed by atoms with E-state index in [-0.39, 0.29) is 5.41 Å². The van der Waals surface area contributed by atoms with Gasteiger partial charge in [0.05, 0.1) is 23.0 Å². The van der Waals surface area contributed by atoms with Crippen molar-refractivity contribution in [3.05, 3.63) is 144 Å². The largest absolute Gasteiger partial charge is 0.228 e. The van der Waals surface area contributed by atoms with Gasteiger partial charge in [-0.1, -0.05) is 128 Å². The van der Waals surface area contributed by atoms with Crippen LogP contribution in [0, 0.1) is 11.3 Å². The Morgan fingerprint density at radius 3 is 1.93 bits per heavy atom. The molecule has 1 fully saturated rings. The molecule has 210 valence electrons. The third-order valence-electron chi connectivity index (χ3n) is 9.54. The number of nitriles is 1. The Morgan fingerprint density at radius 2 is 1.18 bits per heavy atom. The topological polar surface area (TPSA) is 49.6 Å². The highest BCUT2D eigenvalue weighted by atomic mass is 14.9. The molecule has 2 aliphatic rings. The van der Waals surface area contributed by atoms with Gasteiger partial charge < -0.3 is 0 Å². The van der Waals surface area contributed by atoms with Crippen LogP contribution in [0.15, 0.2) is 127 Å². The van der Waals surface area contributed by atoms with Crippen molar-refractivity contribution in [2.24, 2.45) is 0 Å². The standard InChI is InChI=1S/C41H31N3/c42-27-28-21-22-34-36(25-28)41(23-10-3-11-24-41)35-20-12-19-33(39(34)35)31-17-8-9-18-32(31)38-26-37(29-13-4-1-5-14-29)43-40(44-38)30-15-6-2-7-16-30/h1-2,4-9,12-22,25-26H,3,10-11,23-24H2. The minimum atomic E-state index is -0.0311. The summed E-state index contributed by atoms with van der Waals surface area (Å²) in [6.45, 7) is 0. The second-order valence-electron chi connectivity index (χ2n) is 12.0. The maximum atomic E-state index is 9.82. The monoisotopic (exact) mass is 565 g/mol. The number of aromatic nitrogens is 2. The third kappa shape index (κ3) is 4.26. The number of rotatable bonds is 4. The Labute approximate surface area is 258 Å². The molecule has 5 aromatic carbocycles. The van der Waals surface area contributed by atoms with Gasteiger partial charge in [0.1, 0.15) is 0 Å². The van der Waals surface area contributed by atoms with Crippen LogP contribution >= 0.6 is 0 Å². The molecule has 3 nitrogen and oxygen atoms in total. The summed E-state index contributed by atoms with van der Waals surface area (Å²) in [5.41, 5.74) is 13.3. The van der Waals surface area contributed by atoms with Crippen LogP contribution in [0.25, 0.3) is 56.2 Å². The predicted molar refractivity (Wildman–Crippen MR) is 178 cm³/mol. The molecule has 1 spiro atoms. The van der Waals surface area contributed by atoms with E-state index >= 15 is 0 Å². The molecule has 2 aliphatic carbocycles. The van der Waals surface area contributed by atoms with Crippen molar-refractivity contribution in [3.63, 3.8) is 0 Å². The lowest BCUT2D eigenvalue weighted by Crippen LogP contribution is -2.28. The summed E-state index contributed by atoms with van der Waals surface area (Å²) in [7, 11) is 0. The molecule has 0 N–H and O–H groups in total. The Balaban J connectivity index is 1.36. The summed E-state index contributed by atoms with van der Waals surface area (Å²) >= 11 is 0. The fraction of sp³-hybridized carbons (Fsp3) is 0.146. The average Bonchev–Trinajstić information content (AvgIpc) is 3.37. The number of hydrogen-bond donors (Lipinski definition) is 0. The van der Waals surface area contributed by atoms with Gasteiger partial charge in [-0.25, -0.2) is 9.97 Å². The van der Waals surface area contributed by atoms with Crippen molar-refractivity contribution in [1.29, 1.82) is 5.26 Å². The normalized spacial score (nSPS) is 14.5. The Morgan fingerprint density at radius 1 is 0.523 bits per heavy atom. The van der Waals surface area contributed by atoms with Crippen LogP contribution < -0.4 is 0 Å². The molecule has 0 amide bonds. The fourth-order valence-electron chi connectivity index (χ4n) is 7.53. The van der Waals surface area contributed by atoms with Crippen molar-refractivity contribution in [2.45, 2.75) is 37.5 Å². The van der Waals surface area contributed by atoms with E-state index in [2.05, 4.69) is 103 Å².